The SMILES string of the molecule is CCOC(=O)c1ccc(NC(=S)Nc2sc3c(c2C(=O)OC)CCCC3)cc1. The van der Waals surface area contributed by atoms with E-state index in [2.05, 4.69) is 10.6 Å². The highest BCUT2D eigenvalue weighted by Crippen LogP contribution is 2.38. The maximum atomic E-state index is 12.3. The third-order valence-corrected chi connectivity index (χ3v) is 5.85. The Morgan fingerprint density at radius 3 is 2.50 bits per heavy atom. The molecule has 0 atom stereocenters. The number of benzene rings is 1. The second-order valence-electron chi connectivity index (χ2n) is 6.28. The van der Waals surface area contributed by atoms with Crippen molar-refractivity contribution in [3.63, 3.8) is 0 Å². The van der Waals surface area contributed by atoms with Crippen LogP contribution in [0.2, 0.25) is 0 Å². The Hall–Kier alpha value is -2.45. The van der Waals surface area contributed by atoms with E-state index in [9.17, 15) is 9.59 Å². The molecule has 0 fully saturated rings. The quantitative estimate of drug-likeness (QED) is 0.550. The van der Waals surface area contributed by atoms with Crippen molar-refractivity contribution in [1.29, 1.82) is 0 Å². The third-order valence-electron chi connectivity index (χ3n) is 4.44. The maximum absolute atomic E-state index is 12.3. The summed E-state index contributed by atoms with van der Waals surface area (Å²) < 4.78 is 9.95. The van der Waals surface area contributed by atoms with Crippen LogP contribution in [0.4, 0.5) is 10.7 Å². The first-order chi connectivity index (χ1) is 13.5. The summed E-state index contributed by atoms with van der Waals surface area (Å²) in [6.07, 6.45) is 4.06. The van der Waals surface area contributed by atoms with E-state index in [1.54, 1.807) is 42.5 Å². The minimum absolute atomic E-state index is 0.333. The molecule has 1 aliphatic carbocycles. The molecule has 148 valence electrons. The van der Waals surface area contributed by atoms with Gasteiger partial charge in [0.1, 0.15) is 5.00 Å². The maximum Gasteiger partial charge on any atom is 0.341 e. The van der Waals surface area contributed by atoms with E-state index in [0.717, 1.165) is 36.9 Å². The molecule has 28 heavy (non-hydrogen) atoms. The Labute approximate surface area is 173 Å². The molecule has 3 rings (SSSR count). The average molecular weight is 419 g/mol. The van der Waals surface area contributed by atoms with E-state index in [1.807, 2.05) is 0 Å². The van der Waals surface area contributed by atoms with Crippen molar-refractivity contribution in [2.75, 3.05) is 24.4 Å². The molecule has 1 aromatic carbocycles. The molecule has 2 aromatic rings. The van der Waals surface area contributed by atoms with Crippen molar-refractivity contribution >= 4 is 51.3 Å². The molecular formula is C20H22N2O4S2. The van der Waals surface area contributed by atoms with Gasteiger partial charge in [0.2, 0.25) is 0 Å². The van der Waals surface area contributed by atoms with Crippen LogP contribution in [0.1, 0.15) is 50.9 Å². The number of hydrogen-bond donors (Lipinski definition) is 2. The van der Waals surface area contributed by atoms with Crippen LogP contribution in [0, 0.1) is 0 Å². The number of hydrogen-bond acceptors (Lipinski definition) is 6. The summed E-state index contributed by atoms with van der Waals surface area (Å²) in [5.74, 6) is -0.704. The highest BCUT2D eigenvalue weighted by atomic mass is 32.1. The summed E-state index contributed by atoms with van der Waals surface area (Å²) >= 11 is 6.96. The van der Waals surface area contributed by atoms with Crippen LogP contribution >= 0.6 is 23.6 Å². The predicted octanol–water partition coefficient (Wildman–Crippen LogP) is 4.40. The number of fused-ring (bicyclic) bond motifs is 1. The Morgan fingerprint density at radius 2 is 1.82 bits per heavy atom. The van der Waals surface area contributed by atoms with Crippen LogP contribution < -0.4 is 10.6 Å². The first-order valence-electron chi connectivity index (χ1n) is 9.11. The van der Waals surface area contributed by atoms with Crippen molar-refractivity contribution in [2.45, 2.75) is 32.6 Å². The van der Waals surface area contributed by atoms with Crippen LogP contribution in [0.15, 0.2) is 24.3 Å². The summed E-state index contributed by atoms with van der Waals surface area (Å²) in [5.41, 5.74) is 2.87. The molecular weight excluding hydrogens is 396 g/mol. The number of thiocarbonyl (C=S) groups is 1. The number of nitrogens with one attached hydrogen (secondary N) is 2. The van der Waals surface area contributed by atoms with Crippen molar-refractivity contribution in [3.8, 4) is 0 Å². The standard InChI is InChI=1S/C20H22N2O4S2/c1-3-26-18(23)12-8-10-13(11-9-12)21-20(27)22-17-16(19(24)25-2)14-6-4-5-7-15(14)28-17/h8-11H,3-7H2,1-2H3,(H2,21,22,27). The summed E-state index contributed by atoms with van der Waals surface area (Å²) in [7, 11) is 1.39. The molecule has 0 saturated carbocycles. The normalized spacial score (nSPS) is 12.6. The number of aryl methyl sites for hydroxylation is 1. The number of rotatable bonds is 5. The number of anilines is 2. The van der Waals surface area contributed by atoms with E-state index >= 15 is 0 Å². The second-order valence-corrected chi connectivity index (χ2v) is 7.80. The van der Waals surface area contributed by atoms with Gasteiger partial charge in [0.05, 0.1) is 24.8 Å². The van der Waals surface area contributed by atoms with Gasteiger partial charge in [0.25, 0.3) is 0 Å². The van der Waals surface area contributed by atoms with Crippen molar-refractivity contribution in [1.82, 2.24) is 0 Å². The third kappa shape index (κ3) is 4.51. The first kappa shape index (κ1) is 20.3. The zero-order valence-electron chi connectivity index (χ0n) is 15.8. The molecule has 0 bridgehead atoms. The minimum Gasteiger partial charge on any atom is -0.465 e. The van der Waals surface area contributed by atoms with Gasteiger partial charge in [-0.2, -0.15) is 0 Å². The number of esters is 2. The average Bonchev–Trinajstić information content (AvgIpc) is 3.05. The van der Waals surface area contributed by atoms with Gasteiger partial charge < -0.3 is 20.1 Å². The molecule has 0 spiro atoms. The zero-order chi connectivity index (χ0) is 20.1. The molecule has 0 aliphatic heterocycles. The van der Waals surface area contributed by atoms with Crippen molar-refractivity contribution in [3.05, 3.63) is 45.8 Å². The smallest absolute Gasteiger partial charge is 0.341 e. The van der Waals surface area contributed by atoms with Gasteiger partial charge in [-0.3, -0.25) is 0 Å². The van der Waals surface area contributed by atoms with Crippen molar-refractivity contribution < 1.29 is 19.1 Å². The fourth-order valence-corrected chi connectivity index (χ4v) is 4.71. The summed E-state index contributed by atoms with van der Waals surface area (Å²) in [5, 5.41) is 7.29. The van der Waals surface area contributed by atoms with Crippen LogP contribution in [0.5, 0.6) is 0 Å². The molecule has 0 radical (unpaired) electrons. The summed E-state index contributed by atoms with van der Waals surface area (Å²) in [6.45, 7) is 2.10. The highest BCUT2D eigenvalue weighted by molar-refractivity contribution is 7.80. The fourth-order valence-electron chi connectivity index (χ4n) is 3.14. The van der Waals surface area contributed by atoms with Gasteiger partial charge in [-0.1, -0.05) is 0 Å². The van der Waals surface area contributed by atoms with Crippen LogP contribution in [-0.4, -0.2) is 30.8 Å². The van der Waals surface area contributed by atoms with Gasteiger partial charge in [-0.25, -0.2) is 9.59 Å². The molecule has 1 aromatic heterocycles. The molecule has 0 unspecified atom stereocenters. The zero-order valence-corrected chi connectivity index (χ0v) is 17.4. The molecule has 1 aliphatic rings. The Bertz CT molecular complexity index is 890. The topological polar surface area (TPSA) is 76.7 Å². The van der Waals surface area contributed by atoms with Gasteiger partial charge in [0.15, 0.2) is 5.11 Å². The Morgan fingerprint density at radius 1 is 1.11 bits per heavy atom. The van der Waals surface area contributed by atoms with E-state index in [0.29, 0.717) is 27.8 Å². The number of thiophene rings is 1. The van der Waals surface area contributed by atoms with E-state index in [-0.39, 0.29) is 11.9 Å². The highest BCUT2D eigenvalue weighted by Gasteiger charge is 2.26. The lowest BCUT2D eigenvalue weighted by Gasteiger charge is -2.12. The van der Waals surface area contributed by atoms with Gasteiger partial charge in [0, 0.05) is 10.6 Å². The van der Waals surface area contributed by atoms with Gasteiger partial charge >= 0.3 is 11.9 Å². The molecule has 1 heterocycles. The van der Waals surface area contributed by atoms with E-state index in [1.165, 1.54) is 12.0 Å². The lowest BCUT2D eigenvalue weighted by atomic mass is 9.95. The second kappa shape index (κ2) is 9.16. The van der Waals surface area contributed by atoms with Crippen molar-refractivity contribution in [2.24, 2.45) is 0 Å². The Balaban J connectivity index is 1.72. The molecule has 8 heteroatoms. The lowest BCUT2D eigenvalue weighted by Crippen LogP contribution is -2.20. The van der Waals surface area contributed by atoms with Gasteiger partial charge in [-0.05, 0) is 74.7 Å². The van der Waals surface area contributed by atoms with Crippen LogP contribution in [0.3, 0.4) is 0 Å². The number of carbonyl (C=O) groups is 2. The Kier molecular flexibility index (Phi) is 6.64. The fraction of sp³-hybridized carbons (Fsp3) is 0.350. The molecule has 0 saturated heterocycles. The number of ether oxygens (including phenoxy) is 2. The molecule has 2 N–H and O–H groups in total. The largest absolute Gasteiger partial charge is 0.465 e. The van der Waals surface area contributed by atoms with Gasteiger partial charge in [-0.15, -0.1) is 11.3 Å². The number of methoxy groups -OCH3 is 1. The molecule has 6 nitrogen and oxygen atoms in total. The monoisotopic (exact) mass is 418 g/mol. The van der Waals surface area contributed by atoms with Crippen LogP contribution in [-0.2, 0) is 22.3 Å². The molecule has 0 amide bonds. The minimum atomic E-state index is -0.360. The van der Waals surface area contributed by atoms with Crippen LogP contribution in [0.25, 0.3) is 0 Å². The summed E-state index contributed by atoms with van der Waals surface area (Å²) in [6, 6.07) is 6.85. The first-order valence-corrected chi connectivity index (χ1v) is 10.3. The number of carbonyl (C=O) groups excluding carboxylic acids is 2. The summed E-state index contributed by atoms with van der Waals surface area (Å²) in [4.78, 5) is 25.2. The predicted molar refractivity (Wildman–Crippen MR) is 115 cm³/mol. The van der Waals surface area contributed by atoms with E-state index in [4.69, 9.17) is 21.7 Å². The van der Waals surface area contributed by atoms with E-state index < -0.39 is 0 Å². The lowest BCUT2D eigenvalue weighted by molar-refractivity contribution is 0.0525.